The molecule has 114 valence electrons. The van der Waals surface area contributed by atoms with E-state index >= 15 is 0 Å². The second-order valence-electron chi connectivity index (χ2n) is 5.30. The van der Waals surface area contributed by atoms with Crippen molar-refractivity contribution >= 4 is 21.8 Å². The van der Waals surface area contributed by atoms with E-state index in [1.165, 1.54) is 0 Å². The van der Waals surface area contributed by atoms with Crippen molar-refractivity contribution in [1.82, 2.24) is 9.97 Å². The third kappa shape index (κ3) is 2.36. The average Bonchev–Trinajstić information content (AvgIpc) is 2.62. The Balaban J connectivity index is 1.83. The number of hydrogen-bond acceptors (Lipinski definition) is 4. The van der Waals surface area contributed by atoms with Gasteiger partial charge in [0, 0.05) is 22.4 Å². The zero-order valence-corrected chi connectivity index (χ0v) is 12.5. The maximum atomic E-state index is 12.2. The Labute approximate surface area is 136 Å². The minimum absolute atomic E-state index is 0.180. The minimum Gasteiger partial charge on any atom is -0.457 e. The number of nitrogens with zero attached hydrogens (tertiary/aromatic N) is 2. The van der Waals surface area contributed by atoms with Crippen LogP contribution in [0.5, 0.6) is 11.5 Å². The molecule has 0 saturated heterocycles. The maximum Gasteiger partial charge on any atom is 0.257 e. The van der Waals surface area contributed by atoms with Crippen molar-refractivity contribution in [2.24, 2.45) is 0 Å². The number of pyridine rings is 2. The highest BCUT2D eigenvalue weighted by molar-refractivity contribution is 6.04. The average molecular weight is 313 g/mol. The van der Waals surface area contributed by atoms with Crippen LogP contribution in [0, 0.1) is 11.3 Å². The lowest BCUT2D eigenvalue weighted by molar-refractivity contribution is 0.483. The van der Waals surface area contributed by atoms with Crippen LogP contribution in [-0.2, 0) is 0 Å². The van der Waals surface area contributed by atoms with Gasteiger partial charge in [-0.25, -0.2) is 4.98 Å². The fourth-order valence-corrected chi connectivity index (χ4v) is 2.64. The third-order valence-electron chi connectivity index (χ3n) is 3.78. The summed E-state index contributed by atoms with van der Waals surface area (Å²) in [4.78, 5) is 19.1. The van der Waals surface area contributed by atoms with Crippen LogP contribution in [-0.4, -0.2) is 9.97 Å². The van der Waals surface area contributed by atoms with Crippen LogP contribution in [0.1, 0.15) is 5.56 Å². The Morgan fingerprint density at radius 2 is 1.75 bits per heavy atom. The van der Waals surface area contributed by atoms with Gasteiger partial charge in [-0.05, 0) is 54.6 Å². The maximum absolute atomic E-state index is 12.2. The lowest BCUT2D eigenvalue weighted by Gasteiger charge is -2.08. The van der Waals surface area contributed by atoms with Crippen LogP contribution >= 0.6 is 0 Å². The molecule has 0 fully saturated rings. The van der Waals surface area contributed by atoms with Crippen molar-refractivity contribution in [1.29, 1.82) is 5.26 Å². The highest BCUT2D eigenvalue weighted by Gasteiger charge is 2.07. The van der Waals surface area contributed by atoms with Crippen LogP contribution < -0.4 is 10.3 Å². The monoisotopic (exact) mass is 313 g/mol. The number of H-pyrrole nitrogens is 1. The molecule has 24 heavy (non-hydrogen) atoms. The molecular formula is C19H11N3O2. The van der Waals surface area contributed by atoms with Crippen LogP contribution in [0.15, 0.2) is 65.6 Å². The zero-order chi connectivity index (χ0) is 16.5. The summed E-state index contributed by atoms with van der Waals surface area (Å²) in [6.07, 6.45) is 1.64. The fraction of sp³-hybridized carbons (Fsp3) is 0. The van der Waals surface area contributed by atoms with Crippen molar-refractivity contribution in [3.63, 3.8) is 0 Å². The first-order valence-electron chi connectivity index (χ1n) is 7.33. The summed E-state index contributed by atoms with van der Waals surface area (Å²) in [7, 11) is 0. The molecule has 0 saturated carbocycles. The molecule has 4 rings (SSSR count). The molecule has 2 aromatic heterocycles. The van der Waals surface area contributed by atoms with Crippen molar-refractivity contribution in [2.75, 3.05) is 0 Å². The number of benzene rings is 2. The zero-order valence-electron chi connectivity index (χ0n) is 12.5. The van der Waals surface area contributed by atoms with E-state index < -0.39 is 0 Å². The molecular weight excluding hydrogens is 302 g/mol. The summed E-state index contributed by atoms with van der Waals surface area (Å²) in [5.41, 5.74) is 0.941. The first-order chi connectivity index (χ1) is 11.7. The number of ether oxygens (including phenoxy) is 1. The molecule has 1 N–H and O–H groups in total. The fourth-order valence-electron chi connectivity index (χ4n) is 2.64. The molecule has 0 aliphatic rings. The molecule has 0 unspecified atom stereocenters. The molecule has 4 aromatic rings. The lowest BCUT2D eigenvalue weighted by atomic mass is 10.1. The van der Waals surface area contributed by atoms with Crippen LogP contribution in [0.25, 0.3) is 21.8 Å². The predicted molar refractivity (Wildman–Crippen MR) is 91.1 cm³/mol. The van der Waals surface area contributed by atoms with Crippen LogP contribution in [0.3, 0.4) is 0 Å². The largest absolute Gasteiger partial charge is 0.457 e. The van der Waals surface area contributed by atoms with E-state index in [0.717, 1.165) is 10.8 Å². The third-order valence-corrected chi connectivity index (χ3v) is 3.78. The normalized spacial score (nSPS) is 10.6. The Morgan fingerprint density at radius 1 is 0.958 bits per heavy atom. The smallest absolute Gasteiger partial charge is 0.257 e. The van der Waals surface area contributed by atoms with E-state index in [4.69, 9.17) is 10.00 Å². The van der Waals surface area contributed by atoms with Gasteiger partial charge in [0.2, 0.25) is 0 Å². The van der Waals surface area contributed by atoms with E-state index in [1.807, 2.05) is 18.2 Å². The standard InChI is InChI=1S/C19H11N3O2/c20-11-12-3-5-13(6-4-12)24-14-7-8-16-17(10-14)15-2-1-9-21-18(15)22-19(16)23/h1-10H,(H,21,22,23). The summed E-state index contributed by atoms with van der Waals surface area (Å²) in [5.74, 6) is 1.24. The summed E-state index contributed by atoms with van der Waals surface area (Å²) in [6, 6.07) is 18.0. The summed E-state index contributed by atoms with van der Waals surface area (Å²) in [5, 5.41) is 11.1. The summed E-state index contributed by atoms with van der Waals surface area (Å²) in [6.45, 7) is 0. The van der Waals surface area contributed by atoms with Gasteiger partial charge < -0.3 is 9.72 Å². The van der Waals surface area contributed by atoms with Crippen molar-refractivity contribution in [2.45, 2.75) is 0 Å². The molecule has 0 aliphatic carbocycles. The quantitative estimate of drug-likeness (QED) is 0.572. The van der Waals surface area contributed by atoms with Gasteiger partial charge in [0.25, 0.3) is 5.56 Å². The van der Waals surface area contributed by atoms with E-state index in [0.29, 0.717) is 28.1 Å². The van der Waals surface area contributed by atoms with E-state index in [9.17, 15) is 4.79 Å². The topological polar surface area (TPSA) is 78.8 Å². The van der Waals surface area contributed by atoms with Crippen molar-refractivity contribution < 1.29 is 4.74 Å². The first kappa shape index (κ1) is 14.0. The van der Waals surface area contributed by atoms with Crippen LogP contribution in [0.2, 0.25) is 0 Å². The minimum atomic E-state index is -0.180. The second kappa shape index (κ2) is 5.52. The number of aromatic nitrogens is 2. The summed E-state index contributed by atoms with van der Waals surface area (Å²) >= 11 is 0. The highest BCUT2D eigenvalue weighted by atomic mass is 16.5. The number of hydrogen-bond donors (Lipinski definition) is 1. The molecule has 5 nitrogen and oxygen atoms in total. The number of nitrogens with one attached hydrogen (secondary N) is 1. The van der Waals surface area contributed by atoms with Crippen LogP contribution in [0.4, 0.5) is 0 Å². The number of nitriles is 1. The Morgan fingerprint density at radius 3 is 2.54 bits per heavy atom. The van der Waals surface area contributed by atoms with Crippen molar-refractivity contribution in [3.8, 4) is 17.6 Å². The molecule has 0 radical (unpaired) electrons. The number of aromatic amines is 1. The van der Waals surface area contributed by atoms with Gasteiger partial charge in [0.05, 0.1) is 11.6 Å². The highest BCUT2D eigenvalue weighted by Crippen LogP contribution is 2.27. The van der Waals surface area contributed by atoms with Gasteiger partial charge >= 0.3 is 0 Å². The Kier molecular flexibility index (Phi) is 3.22. The predicted octanol–water partition coefficient (Wildman–Crippen LogP) is 3.74. The molecule has 0 amide bonds. The SMILES string of the molecule is N#Cc1ccc(Oc2ccc3c(=O)[nH]c4ncccc4c3c2)cc1. The van der Waals surface area contributed by atoms with Gasteiger partial charge in [0.15, 0.2) is 0 Å². The molecule has 2 heterocycles. The molecule has 0 atom stereocenters. The van der Waals surface area contributed by atoms with Gasteiger partial charge in [-0.2, -0.15) is 5.26 Å². The lowest BCUT2D eigenvalue weighted by Crippen LogP contribution is -2.07. The molecule has 2 aromatic carbocycles. The molecule has 5 heteroatoms. The van der Waals surface area contributed by atoms with Gasteiger partial charge in [-0.1, -0.05) is 0 Å². The van der Waals surface area contributed by atoms with Crippen molar-refractivity contribution in [3.05, 3.63) is 76.7 Å². The van der Waals surface area contributed by atoms with Gasteiger partial charge in [-0.3, -0.25) is 4.79 Å². The first-order valence-corrected chi connectivity index (χ1v) is 7.33. The number of rotatable bonds is 2. The van der Waals surface area contributed by atoms with Gasteiger partial charge in [0.1, 0.15) is 17.1 Å². The number of fused-ring (bicyclic) bond motifs is 3. The molecule has 0 spiro atoms. The van der Waals surface area contributed by atoms with Gasteiger partial charge in [-0.15, -0.1) is 0 Å². The van der Waals surface area contributed by atoms with E-state index in [1.54, 1.807) is 42.6 Å². The Hall–Kier alpha value is -3.65. The summed E-state index contributed by atoms with van der Waals surface area (Å²) < 4.78 is 5.83. The molecule has 0 aliphatic heterocycles. The Bertz CT molecular complexity index is 1160. The van der Waals surface area contributed by atoms with E-state index in [-0.39, 0.29) is 5.56 Å². The van der Waals surface area contributed by atoms with E-state index in [2.05, 4.69) is 16.0 Å². The molecule has 0 bridgehead atoms. The second-order valence-corrected chi connectivity index (χ2v) is 5.30.